The van der Waals surface area contributed by atoms with Crippen molar-refractivity contribution in [2.45, 2.75) is 31.6 Å². The second kappa shape index (κ2) is 7.39. The first-order valence-electron chi connectivity index (χ1n) is 9.62. The first-order chi connectivity index (χ1) is 13.1. The third-order valence-electron chi connectivity index (χ3n) is 5.65. The molecule has 27 heavy (non-hydrogen) atoms. The van der Waals surface area contributed by atoms with Crippen LogP contribution in [0.2, 0.25) is 0 Å². The fraction of sp³-hybridized carbons (Fsp3) is 0.304. The number of benzene rings is 2. The summed E-state index contributed by atoms with van der Waals surface area (Å²) in [5, 5.41) is 1.07. The molecule has 0 saturated carbocycles. The van der Waals surface area contributed by atoms with Crippen molar-refractivity contribution in [2.24, 2.45) is 0 Å². The topological polar surface area (TPSA) is 59.2 Å². The van der Waals surface area contributed by atoms with Crippen LogP contribution < -0.4 is 5.73 Å². The van der Waals surface area contributed by atoms with Crippen molar-refractivity contribution >= 4 is 22.5 Å². The molecule has 138 valence electrons. The number of nitrogen functional groups attached to an aromatic ring is 1. The van der Waals surface area contributed by atoms with Crippen LogP contribution in [0.25, 0.3) is 10.9 Å². The fourth-order valence-electron chi connectivity index (χ4n) is 4.01. The number of hydrogen-bond acceptors (Lipinski definition) is 3. The van der Waals surface area contributed by atoms with Crippen LogP contribution in [-0.2, 0) is 4.79 Å². The standard InChI is InChI=1S/C23H25N3O/c1-16(17-7-3-2-4-8-17)23(27)26-13-11-18(12-14-26)22-20(24)15-19-9-5-6-10-21(19)25-22/h2-10,15-16,18H,11-14,24H2,1H3/t16-/m0/s1. The Hall–Kier alpha value is -2.88. The second-order valence-electron chi connectivity index (χ2n) is 7.39. The van der Waals surface area contributed by atoms with Crippen LogP contribution in [0.1, 0.15) is 42.9 Å². The largest absolute Gasteiger partial charge is 0.397 e. The second-order valence-corrected chi connectivity index (χ2v) is 7.39. The Morgan fingerprint density at radius 1 is 1.07 bits per heavy atom. The van der Waals surface area contributed by atoms with Crippen LogP contribution in [0.4, 0.5) is 5.69 Å². The van der Waals surface area contributed by atoms with Crippen LogP contribution in [0, 0.1) is 0 Å². The van der Waals surface area contributed by atoms with Crippen molar-refractivity contribution in [1.82, 2.24) is 9.88 Å². The molecule has 3 aromatic rings. The number of likely N-dealkylation sites (tertiary alicyclic amines) is 1. The lowest BCUT2D eigenvalue weighted by Gasteiger charge is -2.34. The van der Waals surface area contributed by atoms with E-state index >= 15 is 0 Å². The number of piperidine rings is 1. The number of nitrogens with zero attached hydrogens (tertiary/aromatic N) is 2. The normalized spacial score (nSPS) is 16.4. The summed E-state index contributed by atoms with van der Waals surface area (Å²) in [6.45, 7) is 3.51. The van der Waals surface area contributed by atoms with Crippen molar-refractivity contribution < 1.29 is 4.79 Å². The molecule has 0 aliphatic carbocycles. The van der Waals surface area contributed by atoms with Crippen LogP contribution in [0.15, 0.2) is 60.7 Å². The van der Waals surface area contributed by atoms with Crippen LogP contribution in [0.3, 0.4) is 0 Å². The number of aromatic nitrogens is 1. The number of carbonyl (C=O) groups is 1. The van der Waals surface area contributed by atoms with Gasteiger partial charge in [0.05, 0.1) is 22.8 Å². The predicted octanol–water partition coefficient (Wildman–Crippen LogP) is 4.33. The zero-order valence-corrected chi connectivity index (χ0v) is 15.6. The number of amides is 1. The lowest BCUT2D eigenvalue weighted by Crippen LogP contribution is -2.40. The molecule has 4 nitrogen and oxygen atoms in total. The van der Waals surface area contributed by atoms with E-state index in [1.165, 1.54) is 0 Å². The minimum absolute atomic E-state index is 0.105. The first kappa shape index (κ1) is 17.5. The van der Waals surface area contributed by atoms with Gasteiger partial charge in [-0.1, -0.05) is 48.5 Å². The van der Waals surface area contributed by atoms with E-state index in [2.05, 4.69) is 0 Å². The zero-order valence-electron chi connectivity index (χ0n) is 15.6. The summed E-state index contributed by atoms with van der Waals surface area (Å²) in [5.41, 5.74) is 10.1. The van der Waals surface area contributed by atoms with Gasteiger partial charge in [-0.25, -0.2) is 0 Å². The lowest BCUT2D eigenvalue weighted by molar-refractivity contribution is -0.133. The average molecular weight is 359 g/mol. The van der Waals surface area contributed by atoms with Crippen molar-refractivity contribution in [3.05, 3.63) is 71.9 Å². The van der Waals surface area contributed by atoms with E-state index in [9.17, 15) is 4.79 Å². The van der Waals surface area contributed by atoms with Crippen molar-refractivity contribution in [3.63, 3.8) is 0 Å². The van der Waals surface area contributed by atoms with Crippen molar-refractivity contribution in [1.29, 1.82) is 0 Å². The molecule has 0 radical (unpaired) electrons. The number of anilines is 1. The summed E-state index contributed by atoms with van der Waals surface area (Å²) in [4.78, 5) is 19.7. The highest BCUT2D eigenvalue weighted by atomic mass is 16.2. The van der Waals surface area contributed by atoms with Gasteiger partial charge in [0.15, 0.2) is 0 Å². The van der Waals surface area contributed by atoms with E-state index in [4.69, 9.17) is 10.7 Å². The third kappa shape index (κ3) is 3.52. The summed E-state index contributed by atoms with van der Waals surface area (Å²) < 4.78 is 0. The molecular formula is C23H25N3O. The molecule has 4 heteroatoms. The number of nitrogens with two attached hydrogens (primary N) is 1. The van der Waals surface area contributed by atoms with E-state index in [-0.39, 0.29) is 11.8 Å². The molecule has 1 aromatic heterocycles. The van der Waals surface area contributed by atoms with Gasteiger partial charge in [0, 0.05) is 24.4 Å². The molecule has 2 N–H and O–H groups in total. The predicted molar refractivity (Wildman–Crippen MR) is 110 cm³/mol. The highest BCUT2D eigenvalue weighted by Crippen LogP contribution is 2.33. The summed E-state index contributed by atoms with van der Waals surface area (Å²) in [6.07, 6.45) is 1.81. The van der Waals surface area contributed by atoms with E-state index in [0.29, 0.717) is 5.92 Å². The average Bonchev–Trinajstić information content (AvgIpc) is 2.73. The molecule has 4 rings (SSSR count). The van der Waals surface area contributed by atoms with Gasteiger partial charge in [-0.3, -0.25) is 9.78 Å². The van der Waals surface area contributed by atoms with E-state index < -0.39 is 0 Å². The van der Waals surface area contributed by atoms with Crippen LogP contribution in [-0.4, -0.2) is 28.9 Å². The highest BCUT2D eigenvalue weighted by molar-refractivity contribution is 5.84. The molecule has 1 fully saturated rings. The molecular weight excluding hydrogens is 334 g/mol. The molecule has 1 saturated heterocycles. The number of para-hydroxylation sites is 1. The number of rotatable bonds is 3. The number of carbonyl (C=O) groups excluding carboxylic acids is 1. The van der Waals surface area contributed by atoms with Gasteiger partial charge in [-0.15, -0.1) is 0 Å². The van der Waals surface area contributed by atoms with Gasteiger partial charge >= 0.3 is 0 Å². The number of pyridine rings is 1. The SMILES string of the molecule is C[C@H](C(=O)N1CCC(c2nc3ccccc3cc2N)CC1)c1ccccc1. The summed E-state index contributed by atoms with van der Waals surface area (Å²) >= 11 is 0. The molecule has 2 heterocycles. The van der Waals surface area contributed by atoms with Crippen LogP contribution in [0.5, 0.6) is 0 Å². The van der Waals surface area contributed by atoms with Gasteiger partial charge < -0.3 is 10.6 Å². The van der Waals surface area contributed by atoms with Gasteiger partial charge in [0.1, 0.15) is 0 Å². The van der Waals surface area contributed by atoms with E-state index in [1.807, 2.05) is 72.5 Å². The molecule has 1 amide bonds. The smallest absolute Gasteiger partial charge is 0.229 e. The highest BCUT2D eigenvalue weighted by Gasteiger charge is 2.28. The Morgan fingerprint density at radius 3 is 2.48 bits per heavy atom. The maximum atomic E-state index is 12.9. The Kier molecular flexibility index (Phi) is 4.80. The zero-order chi connectivity index (χ0) is 18.8. The summed E-state index contributed by atoms with van der Waals surface area (Å²) in [7, 11) is 0. The minimum atomic E-state index is -0.105. The molecule has 1 aliphatic rings. The molecule has 0 bridgehead atoms. The summed E-state index contributed by atoms with van der Waals surface area (Å²) in [6, 6.07) is 20.1. The quantitative estimate of drug-likeness (QED) is 0.757. The maximum absolute atomic E-state index is 12.9. The van der Waals surface area contributed by atoms with E-state index in [1.54, 1.807) is 0 Å². The van der Waals surface area contributed by atoms with Crippen molar-refractivity contribution in [3.8, 4) is 0 Å². The molecule has 2 aromatic carbocycles. The number of fused-ring (bicyclic) bond motifs is 1. The Labute approximate surface area is 160 Å². The Morgan fingerprint density at radius 2 is 1.74 bits per heavy atom. The van der Waals surface area contributed by atoms with E-state index in [0.717, 1.165) is 53.8 Å². The minimum Gasteiger partial charge on any atom is -0.397 e. The molecule has 0 spiro atoms. The van der Waals surface area contributed by atoms with Crippen LogP contribution >= 0.6 is 0 Å². The lowest BCUT2D eigenvalue weighted by atomic mass is 9.90. The van der Waals surface area contributed by atoms with Gasteiger partial charge in [-0.05, 0) is 37.5 Å². The van der Waals surface area contributed by atoms with Gasteiger partial charge in [0.2, 0.25) is 5.91 Å². The van der Waals surface area contributed by atoms with Gasteiger partial charge in [-0.2, -0.15) is 0 Å². The Bertz CT molecular complexity index is 946. The monoisotopic (exact) mass is 359 g/mol. The Balaban J connectivity index is 1.46. The fourth-order valence-corrected chi connectivity index (χ4v) is 4.01. The third-order valence-corrected chi connectivity index (χ3v) is 5.65. The summed E-state index contributed by atoms with van der Waals surface area (Å²) in [5.74, 6) is 0.413. The molecule has 1 atom stereocenters. The molecule has 0 unspecified atom stereocenters. The van der Waals surface area contributed by atoms with Gasteiger partial charge in [0.25, 0.3) is 0 Å². The molecule has 1 aliphatic heterocycles. The van der Waals surface area contributed by atoms with Crippen molar-refractivity contribution in [2.75, 3.05) is 18.8 Å². The number of hydrogen-bond donors (Lipinski definition) is 1. The maximum Gasteiger partial charge on any atom is 0.229 e. The first-order valence-corrected chi connectivity index (χ1v) is 9.62.